The van der Waals surface area contributed by atoms with E-state index in [4.69, 9.17) is 23.2 Å². The summed E-state index contributed by atoms with van der Waals surface area (Å²) in [7, 11) is 0. The van der Waals surface area contributed by atoms with Gasteiger partial charge in [-0.15, -0.1) is 10.2 Å². The van der Waals surface area contributed by atoms with Gasteiger partial charge in [0, 0.05) is 10.0 Å². The van der Waals surface area contributed by atoms with Crippen molar-refractivity contribution in [2.75, 3.05) is 0 Å². The van der Waals surface area contributed by atoms with Crippen molar-refractivity contribution < 1.29 is 0 Å². The molecule has 0 aliphatic rings. The Morgan fingerprint density at radius 2 is 2.00 bits per heavy atom. The van der Waals surface area contributed by atoms with Crippen LogP contribution in [0.5, 0.6) is 0 Å². The minimum Gasteiger partial charge on any atom is -0.137 e. The van der Waals surface area contributed by atoms with E-state index < -0.39 is 0 Å². The third-order valence-corrected chi connectivity index (χ3v) is 3.42. The zero-order chi connectivity index (χ0) is 10.1. The van der Waals surface area contributed by atoms with Gasteiger partial charge >= 0.3 is 0 Å². The number of aromatic nitrogens is 2. The van der Waals surface area contributed by atoms with Crippen molar-refractivity contribution >= 4 is 50.5 Å². The Morgan fingerprint density at radius 3 is 2.57 bits per heavy atom. The molecule has 1 heterocycles. The van der Waals surface area contributed by atoms with Crippen molar-refractivity contribution in [1.82, 2.24) is 10.2 Å². The normalized spacial score (nSPS) is 10.5. The van der Waals surface area contributed by atoms with Crippen LogP contribution in [0.25, 0.3) is 10.6 Å². The molecule has 6 heteroatoms. The van der Waals surface area contributed by atoms with Gasteiger partial charge in [-0.1, -0.05) is 38.9 Å². The lowest BCUT2D eigenvalue weighted by atomic mass is 10.2. The molecule has 72 valence electrons. The van der Waals surface area contributed by atoms with Crippen LogP contribution in [-0.4, -0.2) is 10.2 Å². The molecule has 0 saturated heterocycles. The second kappa shape index (κ2) is 4.14. The summed E-state index contributed by atoms with van der Waals surface area (Å²) in [6, 6.07) is 5.59. The smallest absolute Gasteiger partial charge is 0.137 e. The Bertz CT molecular complexity index is 472. The molecule has 0 aliphatic heterocycles. The van der Waals surface area contributed by atoms with Gasteiger partial charge in [0.25, 0.3) is 0 Å². The van der Waals surface area contributed by atoms with Gasteiger partial charge in [-0.05, 0) is 29.8 Å². The van der Waals surface area contributed by atoms with Crippen LogP contribution in [0.3, 0.4) is 0 Å². The third-order valence-electron chi connectivity index (χ3n) is 1.56. The fourth-order valence-electron chi connectivity index (χ4n) is 0.977. The highest BCUT2D eigenvalue weighted by atomic mass is 79.9. The van der Waals surface area contributed by atoms with Crippen LogP contribution in [0.15, 0.2) is 22.7 Å². The van der Waals surface area contributed by atoms with Crippen molar-refractivity contribution in [2.24, 2.45) is 0 Å². The van der Waals surface area contributed by atoms with E-state index in [0.717, 1.165) is 15.0 Å². The summed E-state index contributed by atoms with van der Waals surface area (Å²) in [6.45, 7) is 0. The summed E-state index contributed by atoms with van der Waals surface area (Å²) >= 11 is 16.4. The quantitative estimate of drug-likeness (QED) is 0.786. The number of rotatable bonds is 1. The van der Waals surface area contributed by atoms with Crippen LogP contribution in [0.2, 0.25) is 9.49 Å². The van der Waals surface area contributed by atoms with Crippen LogP contribution in [0.4, 0.5) is 0 Å². The molecule has 0 spiro atoms. The van der Waals surface area contributed by atoms with Gasteiger partial charge in [-0.25, -0.2) is 0 Å². The monoisotopic (exact) mass is 308 g/mol. The molecule has 0 atom stereocenters. The number of benzene rings is 1. The highest BCUT2D eigenvalue weighted by Gasteiger charge is 2.08. The van der Waals surface area contributed by atoms with E-state index in [0.29, 0.717) is 9.49 Å². The highest BCUT2D eigenvalue weighted by Crippen LogP contribution is 2.33. The van der Waals surface area contributed by atoms with E-state index in [1.54, 1.807) is 0 Å². The number of hydrogen-bond acceptors (Lipinski definition) is 3. The molecule has 2 aromatic rings. The molecule has 1 aromatic carbocycles. The van der Waals surface area contributed by atoms with Gasteiger partial charge < -0.3 is 0 Å². The first-order valence-electron chi connectivity index (χ1n) is 3.61. The minimum absolute atomic E-state index is 0.416. The number of nitrogens with zero attached hydrogens (tertiary/aromatic N) is 2. The van der Waals surface area contributed by atoms with E-state index in [-0.39, 0.29) is 0 Å². The Labute approximate surface area is 103 Å². The van der Waals surface area contributed by atoms with Gasteiger partial charge in [0.15, 0.2) is 0 Å². The molecule has 0 aliphatic carbocycles. The molecule has 0 amide bonds. The Hall–Kier alpha value is -0.160. The van der Waals surface area contributed by atoms with E-state index in [1.165, 1.54) is 11.3 Å². The van der Waals surface area contributed by atoms with Crippen LogP contribution in [0.1, 0.15) is 0 Å². The van der Waals surface area contributed by atoms with Gasteiger partial charge in [0.05, 0.1) is 5.02 Å². The van der Waals surface area contributed by atoms with Gasteiger partial charge in [0.1, 0.15) is 5.01 Å². The lowest BCUT2D eigenvalue weighted by Crippen LogP contribution is -1.78. The van der Waals surface area contributed by atoms with Crippen molar-refractivity contribution in [3.63, 3.8) is 0 Å². The molecule has 14 heavy (non-hydrogen) atoms. The molecular weight excluding hydrogens is 307 g/mol. The van der Waals surface area contributed by atoms with Crippen LogP contribution >= 0.6 is 50.5 Å². The maximum absolute atomic E-state index is 6.04. The first-order valence-corrected chi connectivity index (χ1v) is 5.98. The lowest BCUT2D eigenvalue weighted by molar-refractivity contribution is 1.10. The molecule has 0 unspecified atom stereocenters. The number of hydrogen-bond donors (Lipinski definition) is 0. The fraction of sp³-hybridized carbons (Fsp3) is 0. The van der Waals surface area contributed by atoms with E-state index in [1.807, 2.05) is 18.2 Å². The molecule has 1 aromatic heterocycles. The van der Waals surface area contributed by atoms with E-state index in [9.17, 15) is 0 Å². The molecule has 0 fully saturated rings. The average Bonchev–Trinajstić information content (AvgIpc) is 2.51. The van der Waals surface area contributed by atoms with Gasteiger partial charge in [-0.3, -0.25) is 0 Å². The average molecular weight is 310 g/mol. The Balaban J connectivity index is 2.52. The van der Waals surface area contributed by atoms with Gasteiger partial charge in [0.2, 0.25) is 4.47 Å². The molecule has 2 rings (SSSR count). The molecule has 0 N–H and O–H groups in total. The Morgan fingerprint density at radius 1 is 1.21 bits per heavy atom. The summed E-state index contributed by atoms with van der Waals surface area (Å²) in [5, 5.41) is 8.99. The first kappa shape index (κ1) is 10.4. The van der Waals surface area contributed by atoms with Crippen LogP contribution in [-0.2, 0) is 0 Å². The molecule has 0 radical (unpaired) electrons. The molecule has 0 saturated carbocycles. The summed E-state index contributed by atoms with van der Waals surface area (Å²) in [6.07, 6.45) is 0. The predicted octanol–water partition coefficient (Wildman–Crippen LogP) is 4.27. The SMILES string of the molecule is Clc1nnc(-c2ccc(Br)cc2Cl)s1. The predicted molar refractivity (Wildman–Crippen MR) is 63.1 cm³/mol. The summed E-state index contributed by atoms with van der Waals surface area (Å²) < 4.78 is 1.35. The fourth-order valence-corrected chi connectivity index (χ4v) is 2.66. The highest BCUT2D eigenvalue weighted by molar-refractivity contribution is 9.10. The van der Waals surface area contributed by atoms with Crippen molar-refractivity contribution in [3.8, 4) is 10.6 Å². The summed E-state index contributed by atoms with van der Waals surface area (Å²) in [5.74, 6) is 0. The second-order valence-corrected chi connectivity index (χ2v) is 5.37. The summed E-state index contributed by atoms with van der Waals surface area (Å²) in [4.78, 5) is 0. The van der Waals surface area contributed by atoms with Crippen molar-refractivity contribution in [1.29, 1.82) is 0 Å². The molecule has 0 bridgehead atoms. The molecule has 2 nitrogen and oxygen atoms in total. The maximum atomic E-state index is 6.04. The third kappa shape index (κ3) is 2.08. The standard InChI is InChI=1S/C8H3BrCl2N2S/c9-4-1-2-5(6(10)3-4)7-12-13-8(11)14-7/h1-3H. The van der Waals surface area contributed by atoms with Crippen LogP contribution in [0, 0.1) is 0 Å². The van der Waals surface area contributed by atoms with Crippen molar-refractivity contribution in [2.45, 2.75) is 0 Å². The Kier molecular flexibility index (Phi) is 3.07. The van der Waals surface area contributed by atoms with Crippen LogP contribution < -0.4 is 0 Å². The molecular formula is C8H3BrCl2N2S. The zero-order valence-electron chi connectivity index (χ0n) is 6.67. The lowest BCUT2D eigenvalue weighted by Gasteiger charge is -1.99. The second-order valence-electron chi connectivity index (χ2n) is 2.48. The summed E-state index contributed by atoms with van der Waals surface area (Å²) in [5.41, 5.74) is 0.847. The minimum atomic E-state index is 0.416. The van der Waals surface area contributed by atoms with E-state index in [2.05, 4.69) is 26.1 Å². The first-order chi connectivity index (χ1) is 6.66. The zero-order valence-corrected chi connectivity index (χ0v) is 10.6. The largest absolute Gasteiger partial charge is 0.207 e. The van der Waals surface area contributed by atoms with Crippen molar-refractivity contribution in [3.05, 3.63) is 32.2 Å². The number of halogens is 3. The van der Waals surface area contributed by atoms with E-state index >= 15 is 0 Å². The maximum Gasteiger partial charge on any atom is 0.207 e. The van der Waals surface area contributed by atoms with Gasteiger partial charge in [-0.2, -0.15) is 0 Å². The topological polar surface area (TPSA) is 25.8 Å².